The highest BCUT2D eigenvalue weighted by molar-refractivity contribution is 5.94. The van der Waals surface area contributed by atoms with E-state index in [0.29, 0.717) is 43.7 Å². The smallest absolute Gasteiger partial charge is 0.254 e. The van der Waals surface area contributed by atoms with Crippen LogP contribution in [-0.2, 0) is 11.2 Å². The third-order valence-electron chi connectivity index (χ3n) is 4.96. The Bertz CT molecular complexity index is 919. The lowest BCUT2D eigenvalue weighted by atomic mass is 10.1. The van der Waals surface area contributed by atoms with Crippen LogP contribution in [0, 0.1) is 0 Å². The van der Waals surface area contributed by atoms with Crippen molar-refractivity contribution in [3.8, 4) is 5.75 Å². The number of nitrogens with one attached hydrogen (secondary N) is 1. The van der Waals surface area contributed by atoms with Crippen molar-refractivity contribution in [2.75, 3.05) is 32.7 Å². The number of carbonyl (C=O) groups is 2. The Hall–Kier alpha value is -3.45. The normalized spacial score (nSPS) is 14.6. The summed E-state index contributed by atoms with van der Waals surface area (Å²) in [6.45, 7) is 6.28. The number of aromatic hydroxyl groups is 1. The van der Waals surface area contributed by atoms with Crippen LogP contribution in [0.15, 0.2) is 66.3 Å². The Morgan fingerprint density at radius 3 is 2.50 bits per heavy atom. The van der Waals surface area contributed by atoms with Gasteiger partial charge in [-0.3, -0.25) is 14.5 Å². The Morgan fingerprint density at radius 1 is 1.07 bits per heavy atom. The molecule has 0 bridgehead atoms. The zero-order valence-corrected chi connectivity index (χ0v) is 16.8. The number of hydrogen-bond acceptors (Lipinski definition) is 5. The Balaban J connectivity index is 1.45. The molecule has 1 aliphatic heterocycles. The summed E-state index contributed by atoms with van der Waals surface area (Å²) in [6.07, 6.45) is 3.69. The molecule has 0 unspecified atom stereocenters. The number of piperazine rings is 1. The minimum Gasteiger partial charge on any atom is -0.507 e. The van der Waals surface area contributed by atoms with Crippen molar-refractivity contribution in [3.63, 3.8) is 0 Å². The van der Waals surface area contributed by atoms with E-state index in [-0.39, 0.29) is 24.1 Å². The van der Waals surface area contributed by atoms with Crippen LogP contribution >= 0.6 is 0 Å². The van der Waals surface area contributed by atoms with E-state index in [1.807, 2.05) is 47.4 Å². The number of benzene rings is 2. The van der Waals surface area contributed by atoms with Crippen LogP contribution in [0.5, 0.6) is 5.75 Å². The molecular formula is C23H26N4O3. The number of hydrazone groups is 1. The van der Waals surface area contributed by atoms with Gasteiger partial charge in [-0.25, -0.2) is 5.43 Å². The first-order valence-electron chi connectivity index (χ1n) is 9.89. The molecule has 7 heteroatoms. The van der Waals surface area contributed by atoms with Crippen LogP contribution in [0.4, 0.5) is 0 Å². The molecule has 3 rings (SSSR count). The summed E-state index contributed by atoms with van der Waals surface area (Å²) < 4.78 is 0. The molecule has 1 heterocycles. The van der Waals surface area contributed by atoms with Crippen LogP contribution in [0.2, 0.25) is 0 Å². The first-order valence-corrected chi connectivity index (χ1v) is 9.89. The van der Waals surface area contributed by atoms with E-state index in [0.717, 1.165) is 5.56 Å². The number of phenols is 1. The van der Waals surface area contributed by atoms with Gasteiger partial charge >= 0.3 is 0 Å². The summed E-state index contributed by atoms with van der Waals surface area (Å²) in [6, 6.07) is 14.6. The highest BCUT2D eigenvalue weighted by atomic mass is 16.3. The van der Waals surface area contributed by atoms with Crippen LogP contribution < -0.4 is 5.43 Å². The van der Waals surface area contributed by atoms with Crippen molar-refractivity contribution < 1.29 is 14.7 Å². The fourth-order valence-electron chi connectivity index (χ4n) is 3.32. The average Bonchev–Trinajstić information content (AvgIpc) is 2.77. The highest BCUT2D eigenvalue weighted by Crippen LogP contribution is 2.21. The van der Waals surface area contributed by atoms with E-state index in [2.05, 4.69) is 17.1 Å². The van der Waals surface area contributed by atoms with Crippen molar-refractivity contribution in [2.24, 2.45) is 5.10 Å². The molecule has 1 saturated heterocycles. The lowest BCUT2D eigenvalue weighted by Gasteiger charge is -2.34. The summed E-state index contributed by atoms with van der Waals surface area (Å²) in [5.41, 5.74) is 4.46. The summed E-state index contributed by atoms with van der Waals surface area (Å²) in [7, 11) is 0. The second-order valence-electron chi connectivity index (χ2n) is 7.08. The first kappa shape index (κ1) is 21.3. The minimum absolute atomic E-state index is 0.0165. The first-order chi connectivity index (χ1) is 14.6. The standard InChI is InChI=1S/C23H26N4O3/c1-2-7-18-10-6-11-20(22(18)29)16-24-25-21(28)17-26-12-14-27(15-13-26)23(30)19-8-4-3-5-9-19/h2-6,8-11,16,29H,1,7,12-15,17H2,(H,25,28)/b24-16+. The van der Waals surface area contributed by atoms with Gasteiger partial charge < -0.3 is 10.0 Å². The Kier molecular flexibility index (Phi) is 7.34. The van der Waals surface area contributed by atoms with Gasteiger partial charge in [0, 0.05) is 37.3 Å². The molecule has 2 amide bonds. The van der Waals surface area contributed by atoms with Crippen molar-refractivity contribution in [2.45, 2.75) is 6.42 Å². The van der Waals surface area contributed by atoms with Crippen LogP contribution in [0.25, 0.3) is 0 Å². The molecule has 0 radical (unpaired) electrons. The molecule has 0 aliphatic carbocycles. The van der Waals surface area contributed by atoms with Gasteiger partial charge in [-0.2, -0.15) is 5.10 Å². The number of para-hydroxylation sites is 1. The average molecular weight is 406 g/mol. The van der Waals surface area contributed by atoms with Gasteiger partial charge in [-0.15, -0.1) is 6.58 Å². The molecule has 2 aromatic carbocycles. The molecule has 1 aliphatic rings. The largest absolute Gasteiger partial charge is 0.507 e. The minimum atomic E-state index is -0.240. The van der Waals surface area contributed by atoms with E-state index in [9.17, 15) is 14.7 Å². The quantitative estimate of drug-likeness (QED) is 0.419. The fourth-order valence-corrected chi connectivity index (χ4v) is 3.32. The van der Waals surface area contributed by atoms with Crippen LogP contribution in [-0.4, -0.2) is 65.7 Å². The predicted molar refractivity (Wildman–Crippen MR) is 117 cm³/mol. The van der Waals surface area contributed by atoms with Crippen LogP contribution in [0.1, 0.15) is 21.5 Å². The number of phenolic OH excluding ortho intramolecular Hbond substituents is 1. The molecule has 7 nitrogen and oxygen atoms in total. The SMILES string of the molecule is C=CCc1cccc(/C=N/NC(=O)CN2CCN(C(=O)c3ccccc3)CC2)c1O. The molecule has 2 N–H and O–H groups in total. The van der Waals surface area contributed by atoms with Gasteiger partial charge in [0.05, 0.1) is 12.8 Å². The number of allylic oxidation sites excluding steroid dienone is 1. The van der Waals surface area contributed by atoms with Crippen molar-refractivity contribution in [1.29, 1.82) is 0 Å². The summed E-state index contributed by atoms with van der Waals surface area (Å²) in [4.78, 5) is 28.4. The molecule has 0 aromatic heterocycles. The summed E-state index contributed by atoms with van der Waals surface area (Å²) >= 11 is 0. The maximum Gasteiger partial charge on any atom is 0.254 e. The fraction of sp³-hybridized carbons (Fsp3) is 0.261. The Labute approximate surface area is 176 Å². The summed E-state index contributed by atoms with van der Waals surface area (Å²) in [5.74, 6) is -0.0896. The van der Waals surface area contributed by atoms with Gasteiger partial charge in [-0.1, -0.05) is 36.4 Å². The molecule has 1 fully saturated rings. The topological polar surface area (TPSA) is 85.2 Å². The van der Waals surface area contributed by atoms with Crippen molar-refractivity contribution in [1.82, 2.24) is 15.2 Å². The van der Waals surface area contributed by atoms with Crippen LogP contribution in [0.3, 0.4) is 0 Å². The lowest BCUT2D eigenvalue weighted by molar-refractivity contribution is -0.122. The molecular weight excluding hydrogens is 380 g/mol. The zero-order chi connectivity index (χ0) is 21.3. The van der Waals surface area contributed by atoms with Gasteiger partial charge in [-0.05, 0) is 30.2 Å². The molecule has 0 saturated carbocycles. The number of amides is 2. The molecule has 0 spiro atoms. The van der Waals surface area contributed by atoms with E-state index in [1.54, 1.807) is 17.0 Å². The lowest BCUT2D eigenvalue weighted by Crippen LogP contribution is -2.50. The van der Waals surface area contributed by atoms with Gasteiger partial charge in [0.1, 0.15) is 5.75 Å². The molecule has 30 heavy (non-hydrogen) atoms. The third-order valence-corrected chi connectivity index (χ3v) is 4.96. The third kappa shape index (κ3) is 5.55. The second kappa shape index (κ2) is 10.4. The second-order valence-corrected chi connectivity index (χ2v) is 7.08. The van der Waals surface area contributed by atoms with Gasteiger partial charge in [0.15, 0.2) is 0 Å². The number of carbonyl (C=O) groups excluding carboxylic acids is 2. The van der Waals surface area contributed by atoms with E-state index in [4.69, 9.17) is 0 Å². The Morgan fingerprint density at radius 2 is 1.80 bits per heavy atom. The monoisotopic (exact) mass is 406 g/mol. The molecule has 2 aromatic rings. The number of nitrogens with zero attached hydrogens (tertiary/aromatic N) is 3. The predicted octanol–water partition coefficient (Wildman–Crippen LogP) is 2.03. The van der Waals surface area contributed by atoms with E-state index in [1.165, 1.54) is 6.21 Å². The van der Waals surface area contributed by atoms with E-state index < -0.39 is 0 Å². The summed E-state index contributed by atoms with van der Waals surface area (Å²) in [5, 5.41) is 14.2. The molecule has 0 atom stereocenters. The van der Waals surface area contributed by atoms with Crippen molar-refractivity contribution in [3.05, 3.63) is 77.9 Å². The van der Waals surface area contributed by atoms with Crippen molar-refractivity contribution >= 4 is 18.0 Å². The van der Waals surface area contributed by atoms with Gasteiger partial charge in [0.2, 0.25) is 0 Å². The molecule has 156 valence electrons. The van der Waals surface area contributed by atoms with E-state index >= 15 is 0 Å². The zero-order valence-electron chi connectivity index (χ0n) is 16.8. The number of rotatable bonds is 7. The van der Waals surface area contributed by atoms with Gasteiger partial charge in [0.25, 0.3) is 11.8 Å². The number of hydrogen-bond donors (Lipinski definition) is 2. The maximum absolute atomic E-state index is 12.5. The highest BCUT2D eigenvalue weighted by Gasteiger charge is 2.23. The maximum atomic E-state index is 12.5.